The second kappa shape index (κ2) is 5.93. The monoisotopic (exact) mass is 327 g/mol. The van der Waals surface area contributed by atoms with Crippen LogP contribution in [0.3, 0.4) is 0 Å². The van der Waals surface area contributed by atoms with Crippen molar-refractivity contribution in [2.24, 2.45) is 7.05 Å². The van der Waals surface area contributed by atoms with E-state index in [1.165, 1.54) is 10.9 Å². The number of rotatable bonds is 6. The first-order valence-electron chi connectivity index (χ1n) is 6.50. The van der Waals surface area contributed by atoms with Crippen molar-refractivity contribution in [3.63, 3.8) is 0 Å². The van der Waals surface area contributed by atoms with Gasteiger partial charge in [-0.15, -0.1) is 0 Å². The minimum atomic E-state index is -3.91. The van der Waals surface area contributed by atoms with Gasteiger partial charge >= 0.3 is 5.97 Å². The molecular weight excluding hydrogens is 310 g/mol. The van der Waals surface area contributed by atoms with Crippen LogP contribution in [0.2, 0.25) is 0 Å². The number of aryl methyl sites for hydroxylation is 3. The number of aliphatic carboxylic acids is 1. The molecule has 1 atom stereocenters. The number of hydrogen-bond acceptors (Lipinski definition) is 5. The van der Waals surface area contributed by atoms with Crippen molar-refractivity contribution in [2.75, 3.05) is 0 Å². The van der Waals surface area contributed by atoms with E-state index >= 15 is 0 Å². The van der Waals surface area contributed by atoms with Crippen molar-refractivity contribution in [2.45, 2.75) is 31.2 Å². The Bertz CT molecular complexity index is 790. The van der Waals surface area contributed by atoms with Crippen molar-refractivity contribution in [1.29, 1.82) is 0 Å². The molecule has 0 aromatic carbocycles. The molecule has 0 saturated heterocycles. The molecule has 0 fully saturated rings. The standard InChI is InChI=1S/C13H17N3O5S/c1-8-4-5-11(21-8)10(6-13(17)18)15-22(19,20)12-7-16(3)14-9(12)2/h4-5,7,10,15H,6H2,1-3H3,(H,17,18). The molecule has 0 radical (unpaired) electrons. The third-order valence-corrected chi connectivity index (χ3v) is 4.61. The molecule has 1 unspecified atom stereocenters. The molecular formula is C13H17N3O5S. The molecule has 2 rings (SSSR count). The minimum absolute atomic E-state index is 0.00802. The molecule has 120 valence electrons. The van der Waals surface area contributed by atoms with Gasteiger partial charge in [0, 0.05) is 13.2 Å². The van der Waals surface area contributed by atoms with E-state index in [4.69, 9.17) is 9.52 Å². The van der Waals surface area contributed by atoms with Gasteiger partial charge in [0.05, 0.1) is 18.2 Å². The summed E-state index contributed by atoms with van der Waals surface area (Å²) in [6.45, 7) is 3.26. The lowest BCUT2D eigenvalue weighted by Gasteiger charge is -2.14. The predicted molar refractivity (Wildman–Crippen MR) is 76.7 cm³/mol. The summed E-state index contributed by atoms with van der Waals surface area (Å²) in [6, 6.07) is 2.21. The van der Waals surface area contributed by atoms with Crippen molar-refractivity contribution >= 4 is 16.0 Å². The van der Waals surface area contributed by atoms with E-state index in [1.807, 2.05) is 0 Å². The van der Waals surface area contributed by atoms with Crippen molar-refractivity contribution in [3.05, 3.63) is 35.5 Å². The third-order valence-electron chi connectivity index (χ3n) is 3.04. The maximum absolute atomic E-state index is 12.4. The summed E-state index contributed by atoms with van der Waals surface area (Å²) < 4.78 is 34.0. The van der Waals surface area contributed by atoms with Gasteiger partial charge in [-0.25, -0.2) is 8.42 Å². The molecule has 0 saturated carbocycles. The van der Waals surface area contributed by atoms with E-state index in [2.05, 4.69) is 9.82 Å². The predicted octanol–water partition coefficient (Wildman–Crippen LogP) is 1.12. The van der Waals surface area contributed by atoms with E-state index in [-0.39, 0.29) is 10.7 Å². The zero-order valence-corrected chi connectivity index (χ0v) is 13.2. The summed E-state index contributed by atoms with van der Waals surface area (Å²) in [7, 11) is -2.30. The Labute approximate surface area is 127 Å². The van der Waals surface area contributed by atoms with Gasteiger partial charge in [0.15, 0.2) is 0 Å². The summed E-state index contributed by atoms with van der Waals surface area (Å²) in [5.41, 5.74) is 0.333. The zero-order valence-electron chi connectivity index (χ0n) is 12.4. The van der Waals surface area contributed by atoms with Gasteiger partial charge < -0.3 is 9.52 Å². The van der Waals surface area contributed by atoms with Crippen LogP contribution >= 0.6 is 0 Å². The first kappa shape index (κ1) is 16.2. The number of carboxylic acids is 1. The van der Waals surface area contributed by atoms with Crippen molar-refractivity contribution in [1.82, 2.24) is 14.5 Å². The van der Waals surface area contributed by atoms with E-state index in [0.717, 1.165) is 0 Å². The Morgan fingerprint density at radius 1 is 1.45 bits per heavy atom. The Balaban J connectivity index is 2.33. The van der Waals surface area contributed by atoms with Crippen LogP contribution in [0.1, 0.15) is 29.7 Å². The fraction of sp³-hybridized carbons (Fsp3) is 0.385. The van der Waals surface area contributed by atoms with Crippen LogP contribution in [-0.4, -0.2) is 29.3 Å². The smallest absolute Gasteiger partial charge is 0.305 e. The Kier molecular flexibility index (Phi) is 4.38. The van der Waals surface area contributed by atoms with E-state index in [9.17, 15) is 13.2 Å². The molecule has 8 nitrogen and oxygen atoms in total. The van der Waals surface area contributed by atoms with Gasteiger partial charge in [-0.1, -0.05) is 0 Å². The number of furan rings is 1. The summed E-state index contributed by atoms with van der Waals surface area (Å²) in [4.78, 5) is 11.0. The van der Waals surface area contributed by atoms with Gasteiger partial charge in [-0.05, 0) is 26.0 Å². The van der Waals surface area contributed by atoms with Crippen LogP contribution in [0.15, 0.2) is 27.6 Å². The number of nitrogens with one attached hydrogen (secondary N) is 1. The molecule has 9 heteroatoms. The quantitative estimate of drug-likeness (QED) is 0.822. The highest BCUT2D eigenvalue weighted by atomic mass is 32.2. The number of aromatic nitrogens is 2. The average molecular weight is 327 g/mol. The lowest BCUT2D eigenvalue weighted by atomic mass is 10.2. The van der Waals surface area contributed by atoms with Gasteiger partial charge in [0.25, 0.3) is 0 Å². The largest absolute Gasteiger partial charge is 0.481 e. The highest BCUT2D eigenvalue weighted by Crippen LogP contribution is 2.23. The number of sulfonamides is 1. The Morgan fingerprint density at radius 2 is 2.14 bits per heavy atom. The molecule has 22 heavy (non-hydrogen) atoms. The van der Waals surface area contributed by atoms with Crippen LogP contribution < -0.4 is 4.72 Å². The Hall–Kier alpha value is -2.13. The van der Waals surface area contributed by atoms with Crippen molar-refractivity contribution in [3.8, 4) is 0 Å². The summed E-state index contributed by atoms with van der Waals surface area (Å²) in [6.07, 6.45) is 0.939. The molecule has 2 aromatic rings. The number of hydrogen-bond donors (Lipinski definition) is 2. The average Bonchev–Trinajstić information content (AvgIpc) is 2.94. The van der Waals surface area contributed by atoms with E-state index in [1.54, 1.807) is 33.0 Å². The maximum Gasteiger partial charge on any atom is 0.305 e. The second-order valence-corrected chi connectivity index (χ2v) is 6.65. The highest BCUT2D eigenvalue weighted by molar-refractivity contribution is 7.89. The van der Waals surface area contributed by atoms with Crippen LogP contribution in [0.5, 0.6) is 0 Å². The molecule has 0 amide bonds. The van der Waals surface area contributed by atoms with Crippen LogP contribution in [0, 0.1) is 13.8 Å². The molecule has 2 aromatic heterocycles. The highest BCUT2D eigenvalue weighted by Gasteiger charge is 2.28. The molecule has 0 spiro atoms. The minimum Gasteiger partial charge on any atom is -0.481 e. The normalized spacial score (nSPS) is 13.2. The van der Waals surface area contributed by atoms with E-state index in [0.29, 0.717) is 11.5 Å². The first-order valence-corrected chi connectivity index (χ1v) is 7.98. The fourth-order valence-corrected chi connectivity index (χ4v) is 3.53. The number of nitrogens with zero attached hydrogens (tertiary/aromatic N) is 2. The lowest BCUT2D eigenvalue weighted by Crippen LogP contribution is -2.30. The number of carbonyl (C=O) groups is 1. The number of carboxylic acid groups (broad SMARTS) is 1. The molecule has 2 heterocycles. The van der Waals surface area contributed by atoms with Crippen molar-refractivity contribution < 1.29 is 22.7 Å². The van der Waals surface area contributed by atoms with Gasteiger partial charge in [0.1, 0.15) is 16.4 Å². The summed E-state index contributed by atoms with van der Waals surface area (Å²) in [5.74, 6) is -0.308. The van der Waals surface area contributed by atoms with E-state index < -0.39 is 28.5 Å². The van der Waals surface area contributed by atoms with Gasteiger partial charge in [0.2, 0.25) is 10.0 Å². The van der Waals surface area contributed by atoms with Crippen LogP contribution in [0.25, 0.3) is 0 Å². The summed E-state index contributed by atoms with van der Waals surface area (Å²) in [5, 5.41) is 13.0. The fourth-order valence-electron chi connectivity index (χ4n) is 2.11. The molecule has 2 N–H and O–H groups in total. The van der Waals surface area contributed by atoms with Gasteiger partial charge in [-0.2, -0.15) is 9.82 Å². The third kappa shape index (κ3) is 3.55. The SMILES string of the molecule is Cc1ccc(C(CC(=O)O)NS(=O)(=O)c2cn(C)nc2C)o1. The maximum atomic E-state index is 12.4. The molecule has 0 aliphatic heterocycles. The molecule has 0 aliphatic rings. The molecule has 0 aliphatic carbocycles. The first-order chi connectivity index (χ1) is 10.2. The zero-order chi connectivity index (χ0) is 16.5. The van der Waals surface area contributed by atoms with Gasteiger partial charge in [-0.3, -0.25) is 9.48 Å². The van der Waals surface area contributed by atoms with Crippen LogP contribution in [-0.2, 0) is 21.9 Å². The second-order valence-electron chi connectivity index (χ2n) is 4.97. The molecule has 0 bridgehead atoms. The summed E-state index contributed by atoms with van der Waals surface area (Å²) >= 11 is 0. The Morgan fingerprint density at radius 3 is 2.59 bits per heavy atom. The lowest BCUT2D eigenvalue weighted by molar-refractivity contribution is -0.137. The topological polar surface area (TPSA) is 114 Å². The van der Waals surface area contributed by atoms with Crippen LogP contribution in [0.4, 0.5) is 0 Å².